The van der Waals surface area contributed by atoms with Gasteiger partial charge in [-0.05, 0) is 59.5 Å². The number of fused-ring (bicyclic) bond motifs is 6. The van der Waals surface area contributed by atoms with E-state index >= 15 is 0 Å². The Morgan fingerprint density at radius 2 is 1.14 bits per heavy atom. The summed E-state index contributed by atoms with van der Waals surface area (Å²) < 4.78 is 4.39. The second-order valence-electron chi connectivity index (χ2n) is 12.2. The summed E-state index contributed by atoms with van der Waals surface area (Å²) in [4.78, 5) is 3.91. The maximum Gasteiger partial charge on any atom is 0.211 e. The van der Waals surface area contributed by atoms with Gasteiger partial charge < -0.3 is 9.13 Å². The van der Waals surface area contributed by atoms with Crippen LogP contribution in [0.4, 0.5) is 5.69 Å². The Hall–Kier alpha value is -7.39. The molecule has 50 heavy (non-hydrogen) atoms. The van der Waals surface area contributed by atoms with E-state index in [1.807, 2.05) is 97.1 Å². The third-order valence-electron chi connectivity index (χ3n) is 9.62. The van der Waals surface area contributed by atoms with Crippen molar-refractivity contribution in [3.8, 4) is 45.8 Å². The Kier molecular flexibility index (Phi) is 6.56. The molecule has 0 fully saturated rings. The van der Waals surface area contributed by atoms with Crippen molar-refractivity contribution >= 4 is 49.3 Å². The zero-order chi connectivity index (χ0) is 33.8. The predicted octanol–water partition coefficient (Wildman–Crippen LogP) is 11.5. The van der Waals surface area contributed by atoms with Gasteiger partial charge in [0.25, 0.3) is 0 Å². The lowest BCUT2D eigenvalue weighted by molar-refractivity contribution is 1.18. The minimum atomic E-state index is 0.573. The van der Waals surface area contributed by atoms with Gasteiger partial charge in [-0.25, -0.2) is 4.85 Å². The molecule has 0 aliphatic rings. The first-order chi connectivity index (χ1) is 24.7. The van der Waals surface area contributed by atoms with E-state index in [4.69, 9.17) is 6.57 Å². The summed E-state index contributed by atoms with van der Waals surface area (Å²) in [5, 5.41) is 24.6. The summed E-state index contributed by atoms with van der Waals surface area (Å²) in [6.45, 7) is 7.99. The van der Waals surface area contributed by atoms with Gasteiger partial charge in [-0.3, -0.25) is 0 Å². The predicted molar refractivity (Wildman–Crippen MR) is 202 cm³/mol. The molecule has 0 unspecified atom stereocenters. The van der Waals surface area contributed by atoms with Crippen molar-refractivity contribution in [1.29, 1.82) is 10.5 Å². The molecule has 2 heterocycles. The van der Waals surface area contributed by atoms with E-state index in [0.29, 0.717) is 16.8 Å². The lowest BCUT2D eigenvalue weighted by atomic mass is 9.91. The van der Waals surface area contributed by atoms with Gasteiger partial charge in [-0.15, -0.1) is 0 Å². The molecule has 9 rings (SSSR count). The van der Waals surface area contributed by atoms with Crippen LogP contribution in [0.2, 0.25) is 0 Å². The molecule has 0 radical (unpaired) electrons. The van der Waals surface area contributed by atoms with Crippen LogP contribution in [-0.4, -0.2) is 9.13 Å². The van der Waals surface area contributed by atoms with Gasteiger partial charge in [-0.1, -0.05) is 103 Å². The molecule has 0 amide bonds. The summed E-state index contributed by atoms with van der Waals surface area (Å²) in [5.74, 6) is 0. The fourth-order valence-electron chi connectivity index (χ4n) is 7.51. The summed E-state index contributed by atoms with van der Waals surface area (Å²) in [6.07, 6.45) is 0. The highest BCUT2D eigenvalue weighted by atomic mass is 15.0. The zero-order valence-electron chi connectivity index (χ0n) is 26.7. The van der Waals surface area contributed by atoms with Crippen LogP contribution in [0.5, 0.6) is 0 Å². The van der Waals surface area contributed by atoms with E-state index < -0.39 is 0 Å². The topological polar surface area (TPSA) is 61.8 Å². The monoisotopic (exact) mass is 635 g/mol. The van der Waals surface area contributed by atoms with Gasteiger partial charge in [0.2, 0.25) is 5.69 Å². The van der Waals surface area contributed by atoms with E-state index in [9.17, 15) is 10.5 Å². The van der Waals surface area contributed by atoms with Gasteiger partial charge >= 0.3 is 0 Å². The fraction of sp³-hybridized carbons (Fsp3) is 0. The Balaban J connectivity index is 1.26. The Morgan fingerprint density at radius 3 is 1.94 bits per heavy atom. The van der Waals surface area contributed by atoms with Crippen molar-refractivity contribution < 1.29 is 0 Å². The number of hydrogen-bond acceptors (Lipinski definition) is 2. The standard InChI is InChI=1S/C45H25N5/c1-48-40-19-10-18-37-35-14-3-7-22-43(35)50(45(37)40)42-21-6-2-13-34(42)33-17-9-16-32(39(33)28-47)30-11-8-12-31(26-30)49-41-20-5-4-15-36(41)38-25-29(27-46)23-24-44(38)49/h2-26H. The van der Waals surface area contributed by atoms with Crippen molar-refractivity contribution in [2.45, 2.75) is 0 Å². The molecule has 0 aliphatic heterocycles. The van der Waals surface area contributed by atoms with Crippen LogP contribution in [0.1, 0.15) is 11.1 Å². The maximum absolute atomic E-state index is 10.8. The van der Waals surface area contributed by atoms with Crippen LogP contribution in [0.15, 0.2) is 152 Å². The highest BCUT2D eigenvalue weighted by Crippen LogP contribution is 2.42. The summed E-state index contributed by atoms with van der Waals surface area (Å²) in [5.41, 5.74) is 11.0. The normalized spacial score (nSPS) is 11.1. The molecule has 7 aromatic carbocycles. The Bertz CT molecular complexity index is 2970. The minimum Gasteiger partial charge on any atom is -0.318 e. The lowest BCUT2D eigenvalue weighted by Gasteiger charge is -2.17. The highest BCUT2D eigenvalue weighted by Gasteiger charge is 2.21. The van der Waals surface area contributed by atoms with Gasteiger partial charge in [0, 0.05) is 38.5 Å². The molecule has 5 nitrogen and oxygen atoms in total. The third kappa shape index (κ3) is 4.24. The van der Waals surface area contributed by atoms with Crippen molar-refractivity contribution in [2.75, 3.05) is 0 Å². The highest BCUT2D eigenvalue weighted by molar-refractivity contribution is 6.14. The first-order valence-electron chi connectivity index (χ1n) is 16.3. The maximum atomic E-state index is 10.8. The van der Waals surface area contributed by atoms with Crippen LogP contribution in [-0.2, 0) is 0 Å². The zero-order valence-corrected chi connectivity index (χ0v) is 26.7. The van der Waals surface area contributed by atoms with Crippen LogP contribution < -0.4 is 0 Å². The van der Waals surface area contributed by atoms with Crippen molar-refractivity contribution in [3.05, 3.63) is 174 Å². The van der Waals surface area contributed by atoms with E-state index in [1.165, 1.54) is 0 Å². The number of para-hydroxylation sites is 4. The van der Waals surface area contributed by atoms with E-state index in [1.54, 1.807) is 0 Å². The molecule has 230 valence electrons. The average molecular weight is 636 g/mol. The molecular weight excluding hydrogens is 611 g/mol. The van der Waals surface area contributed by atoms with Crippen molar-refractivity contribution in [1.82, 2.24) is 9.13 Å². The number of nitrogens with zero attached hydrogens (tertiary/aromatic N) is 5. The lowest BCUT2D eigenvalue weighted by Crippen LogP contribution is -1.99. The van der Waals surface area contributed by atoms with Crippen LogP contribution in [0, 0.1) is 29.2 Å². The van der Waals surface area contributed by atoms with Gasteiger partial charge in [0.15, 0.2) is 0 Å². The van der Waals surface area contributed by atoms with E-state index in [0.717, 1.165) is 77.2 Å². The molecule has 0 saturated heterocycles. The smallest absolute Gasteiger partial charge is 0.211 e. The molecule has 0 N–H and O–H groups in total. The largest absolute Gasteiger partial charge is 0.318 e. The van der Waals surface area contributed by atoms with E-state index in [2.05, 4.69) is 80.7 Å². The molecule has 0 spiro atoms. The molecular formula is C45H25N5. The van der Waals surface area contributed by atoms with Crippen LogP contribution >= 0.6 is 0 Å². The number of nitriles is 2. The molecule has 0 bridgehead atoms. The summed E-state index contributed by atoms with van der Waals surface area (Å²) in [7, 11) is 0. The molecule has 2 aromatic heterocycles. The number of hydrogen-bond donors (Lipinski definition) is 0. The second kappa shape index (κ2) is 11.4. The summed E-state index contributed by atoms with van der Waals surface area (Å²) in [6, 6.07) is 55.4. The molecule has 0 saturated carbocycles. The molecule has 0 aliphatic carbocycles. The van der Waals surface area contributed by atoms with Crippen LogP contribution in [0.25, 0.3) is 82.1 Å². The number of benzene rings is 7. The van der Waals surface area contributed by atoms with Crippen molar-refractivity contribution in [2.24, 2.45) is 0 Å². The molecule has 0 atom stereocenters. The third-order valence-corrected chi connectivity index (χ3v) is 9.62. The van der Waals surface area contributed by atoms with Gasteiger partial charge in [-0.2, -0.15) is 10.5 Å². The first-order valence-corrected chi connectivity index (χ1v) is 16.3. The van der Waals surface area contributed by atoms with Gasteiger partial charge in [0.1, 0.15) is 6.07 Å². The second-order valence-corrected chi connectivity index (χ2v) is 12.2. The average Bonchev–Trinajstić information content (AvgIpc) is 3.70. The number of aromatic nitrogens is 2. The summed E-state index contributed by atoms with van der Waals surface area (Å²) >= 11 is 0. The minimum absolute atomic E-state index is 0.573. The quantitative estimate of drug-likeness (QED) is 0.181. The first kappa shape index (κ1) is 28.8. The Morgan fingerprint density at radius 1 is 0.500 bits per heavy atom. The molecule has 9 aromatic rings. The van der Waals surface area contributed by atoms with Gasteiger partial charge in [0.05, 0.1) is 51.5 Å². The Labute approximate surface area is 288 Å². The number of rotatable bonds is 4. The molecule has 5 heteroatoms. The fourth-order valence-corrected chi connectivity index (χ4v) is 7.51. The van der Waals surface area contributed by atoms with Crippen LogP contribution in [0.3, 0.4) is 0 Å². The SMILES string of the molecule is [C-]#[N+]c1cccc2c3ccccc3n(-c3ccccc3-c3cccc(-c4cccc(-n5c6ccccc6c6cc(C#N)ccc65)c4)c3C#N)c12. The van der Waals surface area contributed by atoms with E-state index in [-0.39, 0.29) is 0 Å². The van der Waals surface area contributed by atoms with Crippen molar-refractivity contribution in [3.63, 3.8) is 0 Å².